The van der Waals surface area contributed by atoms with Crippen LogP contribution in [0, 0.1) is 11.8 Å². The minimum atomic E-state index is 0. The van der Waals surface area contributed by atoms with Crippen LogP contribution in [-0.2, 0) is 0 Å². The monoisotopic (exact) mass is 364 g/mol. The van der Waals surface area contributed by atoms with Crippen LogP contribution in [-0.4, -0.2) is 26.2 Å². The van der Waals surface area contributed by atoms with Crippen LogP contribution in [0.1, 0.15) is 23.6 Å². The summed E-state index contributed by atoms with van der Waals surface area (Å²) in [7, 11) is 0. The van der Waals surface area contributed by atoms with Crippen LogP contribution in [0.4, 0.5) is 0 Å². The van der Waals surface area contributed by atoms with E-state index in [1.165, 1.54) is 43.7 Å². The molecule has 2 unspecified atom stereocenters. The third kappa shape index (κ3) is 4.12. The second-order valence-corrected chi connectivity index (χ2v) is 7.05. The lowest BCUT2D eigenvalue weighted by Gasteiger charge is -2.41. The van der Waals surface area contributed by atoms with Gasteiger partial charge in [-0.3, -0.25) is 0 Å². The van der Waals surface area contributed by atoms with Crippen LogP contribution >= 0.6 is 0 Å². The number of halogens is 2. The highest BCUT2D eigenvalue weighted by Crippen LogP contribution is 2.22. The Morgan fingerprint density at radius 2 is 1.21 bits per heavy atom. The number of nitrogens with two attached hydrogens (primary N) is 1. The van der Waals surface area contributed by atoms with E-state index in [9.17, 15) is 0 Å². The molecule has 2 aliphatic heterocycles. The van der Waals surface area contributed by atoms with Gasteiger partial charge in [-0.05, 0) is 6.42 Å². The van der Waals surface area contributed by atoms with E-state index in [1.54, 1.807) is 4.90 Å². The van der Waals surface area contributed by atoms with Crippen LogP contribution < -0.4 is 35.0 Å². The fraction of sp³-hybridized carbons (Fsp3) is 0.400. The van der Waals surface area contributed by atoms with E-state index in [4.69, 9.17) is 0 Å². The molecule has 4 heteroatoms. The molecule has 0 aromatic heterocycles. The molecule has 2 aromatic rings. The zero-order chi connectivity index (χ0) is 14.8. The molecule has 0 saturated carbocycles. The fourth-order valence-electron chi connectivity index (χ4n) is 4.58. The number of piperidine rings is 2. The number of fused-ring (bicyclic) bond motifs is 2. The number of nitrogens with one attached hydrogen (secondary N) is 1. The van der Waals surface area contributed by atoms with Crippen molar-refractivity contribution >= 4 is 0 Å². The van der Waals surface area contributed by atoms with Crippen LogP contribution in [0.25, 0.3) is 0 Å². The van der Waals surface area contributed by atoms with E-state index >= 15 is 0 Å². The minimum Gasteiger partial charge on any atom is -1.00 e. The molecule has 3 N–H and O–H groups in total. The van der Waals surface area contributed by atoms with Gasteiger partial charge in [-0.25, -0.2) is 0 Å². The van der Waals surface area contributed by atoms with Gasteiger partial charge in [-0.1, -0.05) is 60.7 Å². The van der Waals surface area contributed by atoms with Gasteiger partial charge in [0.05, 0.1) is 38.0 Å². The Morgan fingerprint density at radius 1 is 0.750 bits per heavy atom. The maximum atomic E-state index is 2.54. The fourth-order valence-corrected chi connectivity index (χ4v) is 4.58. The van der Waals surface area contributed by atoms with Gasteiger partial charge in [-0.2, -0.15) is 0 Å². The molecule has 2 aliphatic rings. The number of quaternary nitrogens is 2. The van der Waals surface area contributed by atoms with Crippen molar-refractivity contribution in [3.8, 4) is 0 Å². The third-order valence-electron chi connectivity index (χ3n) is 5.44. The van der Waals surface area contributed by atoms with Crippen LogP contribution in [0.3, 0.4) is 0 Å². The molecular weight excluding hydrogens is 339 g/mol. The van der Waals surface area contributed by atoms with Crippen molar-refractivity contribution in [1.29, 1.82) is 0 Å². The van der Waals surface area contributed by atoms with Crippen molar-refractivity contribution < 1.29 is 35.0 Å². The van der Waals surface area contributed by atoms with Crippen molar-refractivity contribution in [3.63, 3.8) is 0 Å². The van der Waals surface area contributed by atoms with Crippen LogP contribution in [0.15, 0.2) is 60.7 Å². The molecule has 130 valence electrons. The average molecular weight is 365 g/mol. The second-order valence-electron chi connectivity index (χ2n) is 7.05. The van der Waals surface area contributed by atoms with Crippen LogP contribution in [0.2, 0.25) is 0 Å². The summed E-state index contributed by atoms with van der Waals surface area (Å²) in [6, 6.07) is 22.7. The lowest BCUT2D eigenvalue weighted by molar-refractivity contribution is -0.945. The molecule has 0 aliphatic carbocycles. The Hall–Kier alpha value is -1.06. The number of hydrogen-bond donors (Lipinski definition) is 2. The lowest BCUT2D eigenvalue weighted by atomic mass is 9.83. The van der Waals surface area contributed by atoms with Crippen molar-refractivity contribution in [2.45, 2.75) is 12.5 Å². The van der Waals surface area contributed by atoms with E-state index in [0.717, 1.165) is 11.8 Å². The summed E-state index contributed by atoms with van der Waals surface area (Å²) in [4.78, 5) is 1.77. The Bertz CT molecular complexity index is 554. The molecule has 2 heterocycles. The van der Waals surface area contributed by atoms with Gasteiger partial charge in [0.2, 0.25) is 0 Å². The zero-order valence-corrected chi connectivity index (χ0v) is 15.4. The number of benzene rings is 2. The first kappa shape index (κ1) is 19.3. The predicted molar refractivity (Wildman–Crippen MR) is 88.7 cm³/mol. The largest absolute Gasteiger partial charge is 1.00 e. The Balaban J connectivity index is 0.00000104. The van der Waals surface area contributed by atoms with Gasteiger partial charge in [0.25, 0.3) is 0 Å². The number of rotatable bonds is 3. The maximum Gasteiger partial charge on any atom is 0.139 e. The number of hydrogen-bond acceptors (Lipinski definition) is 0. The van der Waals surface area contributed by atoms with Crippen LogP contribution in [0.5, 0.6) is 0 Å². The van der Waals surface area contributed by atoms with Crippen molar-refractivity contribution in [1.82, 2.24) is 0 Å². The standard InChI is InChI=1S/C20H24N2.2ClH/c1-3-7-18(8-4-1)20(19-9-5-2-6-10-19)22-14-16-11-17(15-22)13-21-12-16;;/h1-10,16-17,20-21H,11-15H2;2*1H. The normalized spacial score (nSPS) is 25.5. The van der Waals surface area contributed by atoms with E-state index in [-0.39, 0.29) is 24.8 Å². The molecule has 2 fully saturated rings. The summed E-state index contributed by atoms with van der Waals surface area (Å²) in [6.07, 6.45) is 1.45. The van der Waals surface area contributed by atoms with Crippen molar-refractivity contribution in [2.24, 2.45) is 11.8 Å². The molecule has 4 rings (SSSR count). The molecule has 0 radical (unpaired) electrons. The Morgan fingerprint density at radius 3 is 1.67 bits per heavy atom. The van der Waals surface area contributed by atoms with Gasteiger partial charge in [0.1, 0.15) is 6.04 Å². The van der Waals surface area contributed by atoms with E-state index < -0.39 is 0 Å². The molecule has 2 saturated heterocycles. The molecule has 2 nitrogen and oxygen atoms in total. The first-order valence-corrected chi connectivity index (χ1v) is 8.66. The first-order chi connectivity index (χ1) is 10.9. The molecule has 2 aromatic carbocycles. The lowest BCUT2D eigenvalue weighted by Crippen LogP contribution is -3.17. The molecule has 24 heavy (non-hydrogen) atoms. The molecule has 0 spiro atoms. The number of likely N-dealkylation sites (tertiary alicyclic amines) is 1. The van der Waals surface area contributed by atoms with E-state index in [1.807, 2.05) is 0 Å². The molecule has 2 bridgehead atoms. The molecule has 2 atom stereocenters. The van der Waals surface area contributed by atoms with Crippen molar-refractivity contribution in [2.75, 3.05) is 26.2 Å². The van der Waals surface area contributed by atoms with E-state index in [2.05, 4.69) is 66.0 Å². The topological polar surface area (TPSA) is 21.1 Å². The Labute approximate surface area is 157 Å². The molecular formula is C20H26Cl2N2. The molecule has 0 amide bonds. The van der Waals surface area contributed by atoms with Gasteiger partial charge >= 0.3 is 0 Å². The SMILES string of the molecule is [Cl-].[Cl-].c1ccc(C(c2ccccc2)[NH+]2CC3C[NH2+]CC(C3)C2)cc1. The highest BCUT2D eigenvalue weighted by molar-refractivity contribution is 5.29. The first-order valence-electron chi connectivity index (χ1n) is 8.66. The second kappa shape index (κ2) is 8.87. The quantitative estimate of drug-likeness (QED) is 0.543. The van der Waals surface area contributed by atoms with Crippen molar-refractivity contribution in [3.05, 3.63) is 71.8 Å². The highest BCUT2D eigenvalue weighted by atomic mass is 35.5. The predicted octanol–water partition coefficient (Wildman–Crippen LogP) is -5.12. The van der Waals surface area contributed by atoms with Gasteiger partial charge in [0, 0.05) is 11.1 Å². The van der Waals surface area contributed by atoms with Gasteiger partial charge in [-0.15, -0.1) is 0 Å². The summed E-state index contributed by atoms with van der Waals surface area (Å²) in [6.45, 7) is 5.30. The van der Waals surface area contributed by atoms with Gasteiger partial charge < -0.3 is 35.0 Å². The average Bonchev–Trinajstić information content (AvgIpc) is 2.57. The summed E-state index contributed by atoms with van der Waals surface area (Å²) in [5.74, 6) is 1.80. The zero-order valence-electron chi connectivity index (χ0n) is 13.9. The summed E-state index contributed by atoms with van der Waals surface area (Å²) in [5.41, 5.74) is 2.93. The third-order valence-corrected chi connectivity index (χ3v) is 5.44. The summed E-state index contributed by atoms with van der Waals surface area (Å²) >= 11 is 0. The highest BCUT2D eigenvalue weighted by Gasteiger charge is 2.39. The Kier molecular flexibility index (Phi) is 7.12. The maximum absolute atomic E-state index is 2.54. The van der Waals surface area contributed by atoms with Gasteiger partial charge in [0.15, 0.2) is 0 Å². The minimum absolute atomic E-state index is 0. The van der Waals surface area contributed by atoms with E-state index in [0.29, 0.717) is 6.04 Å². The summed E-state index contributed by atoms with van der Waals surface area (Å²) in [5, 5.41) is 2.54. The summed E-state index contributed by atoms with van der Waals surface area (Å²) < 4.78 is 0. The smallest absolute Gasteiger partial charge is 0.139 e.